The Morgan fingerprint density at radius 1 is 1.19 bits per heavy atom. The molecule has 134 valence electrons. The molecule has 0 radical (unpaired) electrons. The number of para-hydroxylation sites is 2. The molecule has 0 saturated heterocycles. The lowest BCUT2D eigenvalue weighted by molar-refractivity contribution is 0.310. The minimum absolute atomic E-state index is 0.0440. The summed E-state index contributed by atoms with van der Waals surface area (Å²) in [6.45, 7) is 7.78. The summed E-state index contributed by atoms with van der Waals surface area (Å²) in [4.78, 5) is 17.3. The highest BCUT2D eigenvalue weighted by atomic mass is 79.9. The normalized spacial score (nSPS) is 17.2. The highest BCUT2D eigenvalue weighted by Gasteiger charge is 2.26. The zero-order valence-electron chi connectivity index (χ0n) is 15.5. The molecule has 4 heteroatoms. The van der Waals surface area contributed by atoms with Crippen LogP contribution in [-0.4, -0.2) is 9.55 Å². The molecule has 3 nitrogen and oxygen atoms in total. The van der Waals surface area contributed by atoms with Gasteiger partial charge in [-0.2, -0.15) is 0 Å². The summed E-state index contributed by atoms with van der Waals surface area (Å²) in [5.41, 5.74) is 6.70. The average Bonchev–Trinajstić information content (AvgIpc) is 2.60. The quantitative estimate of drug-likeness (QED) is 0.395. The van der Waals surface area contributed by atoms with Gasteiger partial charge in [0.2, 0.25) is 5.43 Å². The van der Waals surface area contributed by atoms with E-state index in [4.69, 9.17) is 0 Å². The zero-order chi connectivity index (χ0) is 18.5. The first-order valence-electron chi connectivity index (χ1n) is 9.11. The van der Waals surface area contributed by atoms with E-state index in [1.807, 2.05) is 30.3 Å². The fourth-order valence-electron chi connectivity index (χ4n) is 4.11. The molecule has 1 aromatic carbocycles. The number of aromatic nitrogens is 2. The van der Waals surface area contributed by atoms with E-state index in [2.05, 4.69) is 52.3 Å². The molecule has 0 spiro atoms. The predicted molar refractivity (Wildman–Crippen MR) is 111 cm³/mol. The molecule has 1 aromatic rings. The van der Waals surface area contributed by atoms with Crippen molar-refractivity contribution in [3.8, 4) is 11.4 Å². The lowest BCUT2D eigenvalue weighted by Gasteiger charge is -2.33. The smallest absolute Gasteiger partial charge is 0.220 e. The van der Waals surface area contributed by atoms with Crippen LogP contribution in [-0.2, 0) is 6.54 Å². The summed E-state index contributed by atoms with van der Waals surface area (Å²) >= 11 is 3.35. The second-order valence-electron chi connectivity index (χ2n) is 8.16. The molecule has 0 bridgehead atoms. The Labute approximate surface area is 162 Å². The van der Waals surface area contributed by atoms with Crippen molar-refractivity contribution in [3.63, 3.8) is 0 Å². The maximum Gasteiger partial charge on any atom is 0.220 e. The first-order valence-corrected chi connectivity index (χ1v) is 9.90. The molecular formula is C22H23BrN2O. The van der Waals surface area contributed by atoms with Crippen molar-refractivity contribution in [3.05, 3.63) is 62.2 Å². The number of fused-ring (bicyclic) bond motifs is 2. The molecule has 0 aromatic heterocycles. The van der Waals surface area contributed by atoms with E-state index < -0.39 is 0 Å². The van der Waals surface area contributed by atoms with Gasteiger partial charge >= 0.3 is 0 Å². The fourth-order valence-corrected chi connectivity index (χ4v) is 4.43. The van der Waals surface area contributed by atoms with Crippen molar-refractivity contribution >= 4 is 27.0 Å². The molecular weight excluding hydrogens is 388 g/mol. The molecule has 1 heterocycles. The number of rotatable bonds is 2. The zero-order valence-corrected chi connectivity index (χ0v) is 17.1. The van der Waals surface area contributed by atoms with Gasteiger partial charge in [0.05, 0.1) is 21.2 Å². The molecule has 0 atom stereocenters. The summed E-state index contributed by atoms with van der Waals surface area (Å²) in [5, 5.41) is 0. The first kappa shape index (κ1) is 17.5. The van der Waals surface area contributed by atoms with Crippen LogP contribution in [0.4, 0.5) is 0 Å². The fraction of sp³-hybridized carbons (Fsp3) is 0.364. The Kier molecular flexibility index (Phi) is 4.26. The summed E-state index contributed by atoms with van der Waals surface area (Å²) in [6.07, 6.45) is 3.46. The van der Waals surface area contributed by atoms with Crippen LogP contribution in [0.1, 0.15) is 40.0 Å². The van der Waals surface area contributed by atoms with Crippen LogP contribution in [0.5, 0.6) is 0 Å². The van der Waals surface area contributed by atoms with Crippen molar-refractivity contribution in [1.29, 1.82) is 0 Å². The van der Waals surface area contributed by atoms with Gasteiger partial charge in [-0.05, 0) is 71.8 Å². The number of benzene rings is 2. The van der Waals surface area contributed by atoms with Crippen LogP contribution in [0.2, 0.25) is 0 Å². The van der Waals surface area contributed by atoms with Gasteiger partial charge < -0.3 is 4.57 Å². The summed E-state index contributed by atoms with van der Waals surface area (Å²) in [7, 11) is 0. The third kappa shape index (κ3) is 3.01. The van der Waals surface area contributed by atoms with Crippen molar-refractivity contribution in [2.75, 3.05) is 0 Å². The van der Waals surface area contributed by atoms with Gasteiger partial charge in [0.1, 0.15) is 5.69 Å². The molecule has 2 aliphatic carbocycles. The third-order valence-electron chi connectivity index (χ3n) is 5.56. The number of nitrogens with zero attached hydrogens (tertiary/aromatic N) is 2. The van der Waals surface area contributed by atoms with Crippen molar-refractivity contribution < 1.29 is 0 Å². The van der Waals surface area contributed by atoms with Crippen LogP contribution in [0.15, 0.2) is 56.8 Å². The second-order valence-corrected chi connectivity index (χ2v) is 9.01. The SMILES string of the molecule is CC1=C(Cn2c3ccc(Br)c(=O)c-3nc3ccccc32)CCC(C)(C)C1. The number of halogens is 1. The van der Waals surface area contributed by atoms with E-state index >= 15 is 0 Å². The Bertz CT molecular complexity index is 1060. The van der Waals surface area contributed by atoms with Crippen LogP contribution in [0, 0.1) is 5.41 Å². The largest absolute Gasteiger partial charge is 0.334 e. The first-order chi connectivity index (χ1) is 12.4. The third-order valence-corrected chi connectivity index (χ3v) is 6.18. The number of allylic oxidation sites excluding steroid dienone is 2. The van der Waals surface area contributed by atoms with E-state index in [-0.39, 0.29) is 5.43 Å². The van der Waals surface area contributed by atoms with Gasteiger partial charge in [0.25, 0.3) is 0 Å². The monoisotopic (exact) mass is 410 g/mol. The van der Waals surface area contributed by atoms with Gasteiger partial charge in [0.15, 0.2) is 0 Å². The molecule has 1 aliphatic heterocycles. The lowest BCUT2D eigenvalue weighted by atomic mass is 9.75. The van der Waals surface area contributed by atoms with Gasteiger partial charge in [0, 0.05) is 6.54 Å². The van der Waals surface area contributed by atoms with Gasteiger partial charge in [-0.1, -0.05) is 37.1 Å². The van der Waals surface area contributed by atoms with Crippen LogP contribution in [0.3, 0.4) is 0 Å². The summed E-state index contributed by atoms with van der Waals surface area (Å²) in [6, 6.07) is 11.9. The lowest BCUT2D eigenvalue weighted by Crippen LogP contribution is -2.21. The Morgan fingerprint density at radius 2 is 1.96 bits per heavy atom. The van der Waals surface area contributed by atoms with Gasteiger partial charge in [-0.15, -0.1) is 0 Å². The Morgan fingerprint density at radius 3 is 2.73 bits per heavy atom. The second kappa shape index (κ2) is 6.34. The molecule has 0 amide bonds. The summed E-state index contributed by atoms with van der Waals surface area (Å²) < 4.78 is 2.83. The number of hydrogen-bond acceptors (Lipinski definition) is 2. The average molecular weight is 411 g/mol. The molecule has 3 aliphatic rings. The molecule has 4 rings (SSSR count). The predicted octanol–water partition coefficient (Wildman–Crippen LogP) is 5.79. The van der Waals surface area contributed by atoms with Crippen LogP contribution >= 0.6 is 15.9 Å². The standard InChI is InChI=1S/C22H23BrN2O/c1-14-12-22(2,3)11-10-15(14)13-25-18-7-5-4-6-17(18)24-20-19(25)9-8-16(23)21(20)26/h4-9H,10-13H2,1-3H3. The maximum atomic E-state index is 12.6. The Balaban J connectivity index is 1.93. The van der Waals surface area contributed by atoms with Crippen molar-refractivity contribution in [1.82, 2.24) is 9.55 Å². The van der Waals surface area contributed by atoms with E-state index in [1.54, 1.807) is 0 Å². The minimum Gasteiger partial charge on any atom is -0.334 e. The van der Waals surface area contributed by atoms with Crippen molar-refractivity contribution in [2.45, 2.75) is 46.6 Å². The van der Waals surface area contributed by atoms with E-state index in [0.717, 1.165) is 36.1 Å². The molecule has 0 fully saturated rings. The van der Waals surface area contributed by atoms with Crippen LogP contribution in [0.25, 0.3) is 22.4 Å². The van der Waals surface area contributed by atoms with Crippen molar-refractivity contribution in [2.24, 2.45) is 5.41 Å². The Hall–Kier alpha value is -1.94. The molecule has 0 saturated carbocycles. The summed E-state index contributed by atoms with van der Waals surface area (Å²) in [5.74, 6) is 0. The van der Waals surface area contributed by atoms with E-state index in [1.165, 1.54) is 17.6 Å². The van der Waals surface area contributed by atoms with Gasteiger partial charge in [-0.25, -0.2) is 4.98 Å². The van der Waals surface area contributed by atoms with Crippen LogP contribution < -0.4 is 5.43 Å². The number of hydrogen-bond donors (Lipinski definition) is 0. The highest BCUT2D eigenvalue weighted by Crippen LogP contribution is 2.39. The molecule has 0 unspecified atom stereocenters. The molecule has 26 heavy (non-hydrogen) atoms. The van der Waals surface area contributed by atoms with E-state index in [0.29, 0.717) is 15.6 Å². The van der Waals surface area contributed by atoms with Gasteiger partial charge in [-0.3, -0.25) is 4.79 Å². The highest BCUT2D eigenvalue weighted by molar-refractivity contribution is 9.10. The minimum atomic E-state index is -0.0440. The molecule has 0 N–H and O–H groups in total. The maximum absolute atomic E-state index is 12.6. The topological polar surface area (TPSA) is 34.9 Å². The van der Waals surface area contributed by atoms with E-state index in [9.17, 15) is 4.79 Å².